The van der Waals surface area contributed by atoms with Crippen LogP contribution in [0.1, 0.15) is 55.6 Å². The third-order valence-corrected chi connectivity index (χ3v) is 6.28. The Labute approximate surface area is 201 Å². The highest BCUT2D eigenvalue weighted by atomic mass is 32.2. The van der Waals surface area contributed by atoms with E-state index in [0.29, 0.717) is 37.5 Å². The van der Waals surface area contributed by atoms with E-state index in [0.717, 1.165) is 22.9 Å². The van der Waals surface area contributed by atoms with Gasteiger partial charge < -0.3 is 15.3 Å². The number of nitrogens with zero attached hydrogens (tertiary/aromatic N) is 4. The highest BCUT2D eigenvalue weighted by Gasteiger charge is 2.22. The molecule has 1 aliphatic heterocycles. The summed E-state index contributed by atoms with van der Waals surface area (Å²) < 4.78 is 25.9. The predicted octanol–water partition coefficient (Wildman–Crippen LogP) is 1.92. The van der Waals surface area contributed by atoms with E-state index in [1.54, 1.807) is 11.9 Å². The van der Waals surface area contributed by atoms with Crippen LogP contribution in [0.15, 0.2) is 18.2 Å². The first kappa shape index (κ1) is 25.8. The Kier molecular flexibility index (Phi) is 8.09. The first-order chi connectivity index (χ1) is 15.9. The summed E-state index contributed by atoms with van der Waals surface area (Å²) in [7, 11) is -1.77. The van der Waals surface area contributed by atoms with Crippen molar-refractivity contribution in [3.05, 3.63) is 40.7 Å². The molecule has 3 N–H and O–H groups in total. The van der Waals surface area contributed by atoms with Gasteiger partial charge >= 0.3 is 0 Å². The van der Waals surface area contributed by atoms with Crippen molar-refractivity contribution in [2.24, 2.45) is 5.92 Å². The van der Waals surface area contributed by atoms with Crippen molar-refractivity contribution in [1.82, 2.24) is 19.9 Å². The van der Waals surface area contributed by atoms with E-state index in [1.807, 2.05) is 26.0 Å². The van der Waals surface area contributed by atoms with Crippen molar-refractivity contribution >= 4 is 27.8 Å². The van der Waals surface area contributed by atoms with E-state index in [-0.39, 0.29) is 36.4 Å². The fourth-order valence-corrected chi connectivity index (χ4v) is 4.45. The lowest BCUT2D eigenvalue weighted by molar-refractivity contribution is -0.130. The summed E-state index contributed by atoms with van der Waals surface area (Å²) in [5.74, 6) is 1.09. The zero-order valence-electron chi connectivity index (χ0n) is 20.4. The molecular formula is C23H34N6O4S. The van der Waals surface area contributed by atoms with Crippen LogP contribution in [0.2, 0.25) is 0 Å². The summed E-state index contributed by atoms with van der Waals surface area (Å²) in [6, 6.07) is 5.87. The van der Waals surface area contributed by atoms with Crippen LogP contribution in [0.4, 0.5) is 11.9 Å². The maximum Gasteiger partial charge on any atom is 0.241 e. The van der Waals surface area contributed by atoms with Crippen molar-refractivity contribution in [2.45, 2.75) is 58.5 Å². The summed E-state index contributed by atoms with van der Waals surface area (Å²) in [5, 5.41) is 12.8. The number of fused-ring (bicyclic) bond motifs is 1. The number of likely N-dealkylation sites (N-methyl/N-ethyl adjacent to an activating group) is 1. The molecular weight excluding hydrogens is 456 g/mol. The van der Waals surface area contributed by atoms with E-state index in [2.05, 4.69) is 38.0 Å². The van der Waals surface area contributed by atoms with Crippen molar-refractivity contribution < 1.29 is 18.3 Å². The Morgan fingerprint density at radius 1 is 1.12 bits per heavy atom. The molecule has 0 spiro atoms. The number of hydrogen-bond acceptors (Lipinski definition) is 8. The number of carbonyl (C=O) groups excluding carboxylic acids is 1. The van der Waals surface area contributed by atoms with Gasteiger partial charge in [0.1, 0.15) is 5.82 Å². The smallest absolute Gasteiger partial charge is 0.241 e. The second-order valence-electron chi connectivity index (χ2n) is 9.49. The van der Waals surface area contributed by atoms with Crippen LogP contribution in [0.5, 0.6) is 0 Å². The molecule has 1 aromatic carbocycles. The minimum absolute atomic E-state index is 0.0406. The first-order valence-corrected chi connectivity index (χ1v) is 13.3. The van der Waals surface area contributed by atoms with Gasteiger partial charge in [-0.1, -0.05) is 39.0 Å². The molecule has 2 aromatic rings. The van der Waals surface area contributed by atoms with Crippen LogP contribution >= 0.6 is 0 Å². The van der Waals surface area contributed by atoms with Crippen LogP contribution in [-0.2, 0) is 34.2 Å². The minimum Gasteiger partial charge on any atom is -0.394 e. The molecule has 1 unspecified atom stereocenters. The zero-order valence-corrected chi connectivity index (χ0v) is 21.2. The number of amides is 1. The quantitative estimate of drug-likeness (QED) is 0.459. The second-order valence-corrected chi connectivity index (χ2v) is 11.2. The molecule has 0 fully saturated rings. The predicted molar refractivity (Wildman–Crippen MR) is 131 cm³/mol. The highest BCUT2D eigenvalue weighted by molar-refractivity contribution is 7.91. The average molecular weight is 491 g/mol. The van der Waals surface area contributed by atoms with Crippen molar-refractivity contribution in [1.29, 1.82) is 0 Å². The highest BCUT2D eigenvalue weighted by Crippen LogP contribution is 2.26. The van der Waals surface area contributed by atoms with E-state index < -0.39 is 10.0 Å². The maximum atomic E-state index is 12.0. The number of aromatic nitrogens is 3. The molecule has 3 rings (SSSR count). The van der Waals surface area contributed by atoms with Gasteiger partial charge in [-0.3, -0.25) is 9.52 Å². The van der Waals surface area contributed by atoms with Gasteiger partial charge in [0.15, 0.2) is 0 Å². The second kappa shape index (κ2) is 10.6. The number of anilines is 2. The summed E-state index contributed by atoms with van der Waals surface area (Å²) in [6.07, 6.45) is 2.61. The maximum absolute atomic E-state index is 12.0. The van der Waals surface area contributed by atoms with E-state index in [4.69, 9.17) is 0 Å². The Hall–Kier alpha value is -2.79. The fraction of sp³-hybridized carbons (Fsp3) is 0.565. The normalized spacial score (nSPS) is 15.7. The first-order valence-electron chi connectivity index (χ1n) is 11.4. The number of nitrogens with one attached hydrogen (secondary N) is 2. The van der Waals surface area contributed by atoms with Gasteiger partial charge in [-0.2, -0.15) is 15.0 Å². The number of rotatable bonds is 10. The van der Waals surface area contributed by atoms with E-state index in [1.165, 1.54) is 0 Å². The molecule has 10 nitrogen and oxygen atoms in total. The van der Waals surface area contributed by atoms with Gasteiger partial charge in [0, 0.05) is 20.0 Å². The molecule has 0 saturated heterocycles. The van der Waals surface area contributed by atoms with Crippen molar-refractivity contribution in [3.8, 4) is 0 Å². The molecule has 11 heteroatoms. The third-order valence-electron chi connectivity index (χ3n) is 5.73. The molecule has 1 aromatic heterocycles. The van der Waals surface area contributed by atoms with Crippen LogP contribution in [0.3, 0.4) is 0 Å². The monoisotopic (exact) mass is 490 g/mol. The topological polar surface area (TPSA) is 137 Å². The molecule has 34 heavy (non-hydrogen) atoms. The average Bonchev–Trinajstić information content (AvgIpc) is 2.72. The van der Waals surface area contributed by atoms with Crippen LogP contribution in [0.25, 0.3) is 0 Å². The van der Waals surface area contributed by atoms with Gasteiger partial charge in [0.2, 0.25) is 27.8 Å². The molecule has 1 amide bonds. The largest absolute Gasteiger partial charge is 0.394 e. The number of carbonyl (C=O) groups is 1. The summed E-state index contributed by atoms with van der Waals surface area (Å²) in [6.45, 7) is 6.63. The van der Waals surface area contributed by atoms with Crippen LogP contribution in [0, 0.1) is 5.92 Å². The molecule has 1 aliphatic rings. The van der Waals surface area contributed by atoms with E-state index >= 15 is 0 Å². The lowest BCUT2D eigenvalue weighted by atomic mass is 9.91. The van der Waals surface area contributed by atoms with Gasteiger partial charge in [-0.25, -0.2) is 8.42 Å². The molecule has 0 aliphatic carbocycles. The van der Waals surface area contributed by atoms with Gasteiger partial charge in [0.05, 0.1) is 25.3 Å². The minimum atomic E-state index is -3.58. The molecule has 0 radical (unpaired) electrons. The van der Waals surface area contributed by atoms with Crippen molar-refractivity contribution in [2.75, 3.05) is 29.9 Å². The zero-order chi connectivity index (χ0) is 25.0. The molecule has 186 valence electrons. The Balaban J connectivity index is 1.85. The summed E-state index contributed by atoms with van der Waals surface area (Å²) >= 11 is 0. The number of sulfonamides is 1. The molecule has 2 atom stereocenters. The number of aliphatic hydroxyl groups excluding tert-OH is 1. The lowest BCUT2D eigenvalue weighted by Gasteiger charge is -2.26. The van der Waals surface area contributed by atoms with Crippen LogP contribution < -0.4 is 10.0 Å². The lowest BCUT2D eigenvalue weighted by Crippen LogP contribution is -2.32. The number of hydrogen-bond donors (Lipinski definition) is 3. The van der Waals surface area contributed by atoms with E-state index in [9.17, 15) is 18.3 Å². The SMILES string of the molecule is CC(C)C[C@H](CO)Nc1nc(CC(C)c2ccc3c(c2)CN(C)C(=O)C3)nc(NS(C)(=O)=O)n1. The standard InChI is InChI=1S/C23H34N6O4S/c1-14(2)8-19(13-30)24-22-25-20(26-23(27-22)28-34(5,32)33)9-15(3)16-6-7-17-11-21(31)29(4)12-18(17)10-16/h6-7,10,14-15,19,30H,8-9,11-13H2,1-5H3,(H2,24,25,26,27,28)/t15?,19-/m1/s1. The fourth-order valence-electron chi connectivity index (χ4n) is 4.02. The van der Waals surface area contributed by atoms with Crippen LogP contribution in [-0.4, -0.2) is 65.2 Å². The van der Waals surface area contributed by atoms with Crippen molar-refractivity contribution in [3.63, 3.8) is 0 Å². The number of aliphatic hydroxyl groups is 1. The molecule has 0 saturated carbocycles. The summed E-state index contributed by atoms with van der Waals surface area (Å²) in [4.78, 5) is 26.7. The van der Waals surface area contributed by atoms with Gasteiger partial charge in [0.25, 0.3) is 0 Å². The Morgan fingerprint density at radius 2 is 1.82 bits per heavy atom. The summed E-state index contributed by atoms with van der Waals surface area (Å²) in [5.41, 5.74) is 3.26. The Morgan fingerprint density at radius 3 is 2.47 bits per heavy atom. The Bertz CT molecular complexity index is 1140. The van der Waals surface area contributed by atoms with Gasteiger partial charge in [-0.05, 0) is 34.9 Å². The number of benzene rings is 1. The third kappa shape index (κ3) is 7.10. The molecule has 2 heterocycles. The molecule has 0 bridgehead atoms. The van der Waals surface area contributed by atoms with Gasteiger partial charge in [-0.15, -0.1) is 0 Å².